The maximum absolute atomic E-state index is 9.67. The normalized spacial score (nSPS) is 16.4. The predicted molar refractivity (Wildman–Crippen MR) is 50.6 cm³/mol. The molecule has 1 heterocycles. The van der Waals surface area contributed by atoms with Crippen molar-refractivity contribution in [2.75, 3.05) is 6.54 Å². The van der Waals surface area contributed by atoms with Crippen LogP contribution in [-0.2, 0) is 5.60 Å². The molecule has 0 radical (unpaired) electrons. The van der Waals surface area contributed by atoms with Crippen molar-refractivity contribution in [1.29, 1.82) is 0 Å². The Balaban J connectivity index is 2.92. The van der Waals surface area contributed by atoms with E-state index >= 15 is 0 Å². The van der Waals surface area contributed by atoms with Crippen molar-refractivity contribution in [3.05, 3.63) is 20.8 Å². The van der Waals surface area contributed by atoms with E-state index in [0.717, 1.165) is 9.35 Å². The van der Waals surface area contributed by atoms with E-state index in [1.165, 1.54) is 11.3 Å². The van der Waals surface area contributed by atoms with Gasteiger partial charge in [-0.25, -0.2) is 0 Å². The fraction of sp³-hybridized carbons (Fsp3) is 0.429. The molecule has 0 aliphatic carbocycles. The Morgan fingerprint density at radius 3 is 2.82 bits per heavy atom. The van der Waals surface area contributed by atoms with Crippen LogP contribution >= 0.6 is 27.3 Å². The molecular weight excluding hydrogens is 226 g/mol. The number of halogens is 1. The lowest BCUT2D eigenvalue weighted by molar-refractivity contribution is 0.0707. The molecule has 4 heteroatoms. The first-order valence-electron chi connectivity index (χ1n) is 3.23. The van der Waals surface area contributed by atoms with Gasteiger partial charge in [-0.05, 0) is 28.9 Å². The minimum Gasteiger partial charge on any atom is -0.383 e. The first kappa shape index (κ1) is 9.19. The zero-order chi connectivity index (χ0) is 8.48. The van der Waals surface area contributed by atoms with Crippen molar-refractivity contribution in [2.24, 2.45) is 5.73 Å². The molecule has 0 aromatic carbocycles. The van der Waals surface area contributed by atoms with Crippen molar-refractivity contribution >= 4 is 27.3 Å². The number of hydrogen-bond donors (Lipinski definition) is 2. The second-order valence-corrected chi connectivity index (χ2v) is 4.43. The molecule has 0 bridgehead atoms. The number of hydrogen-bond acceptors (Lipinski definition) is 3. The topological polar surface area (TPSA) is 46.2 Å². The van der Waals surface area contributed by atoms with E-state index in [1.54, 1.807) is 6.92 Å². The summed E-state index contributed by atoms with van der Waals surface area (Å²) < 4.78 is 0.992. The van der Waals surface area contributed by atoms with Crippen molar-refractivity contribution in [2.45, 2.75) is 12.5 Å². The molecule has 62 valence electrons. The Morgan fingerprint density at radius 2 is 2.45 bits per heavy atom. The predicted octanol–water partition coefficient (Wildman–Crippen LogP) is 1.68. The van der Waals surface area contributed by atoms with Crippen LogP contribution in [0.2, 0.25) is 0 Å². The maximum Gasteiger partial charge on any atom is 0.108 e. The van der Waals surface area contributed by atoms with Crippen molar-refractivity contribution in [3.63, 3.8) is 0 Å². The van der Waals surface area contributed by atoms with Crippen LogP contribution in [0.4, 0.5) is 0 Å². The Bertz CT molecular complexity index is 246. The number of nitrogens with two attached hydrogens (primary N) is 1. The van der Waals surface area contributed by atoms with E-state index in [9.17, 15) is 5.11 Å². The third-order valence-corrected chi connectivity index (χ3v) is 3.44. The van der Waals surface area contributed by atoms with Crippen LogP contribution in [0.15, 0.2) is 15.9 Å². The molecule has 1 atom stereocenters. The highest BCUT2D eigenvalue weighted by atomic mass is 79.9. The molecular formula is C7H10BrNOS. The number of aliphatic hydroxyl groups is 1. The van der Waals surface area contributed by atoms with Gasteiger partial charge in [0.05, 0.1) is 0 Å². The van der Waals surface area contributed by atoms with Crippen molar-refractivity contribution < 1.29 is 5.11 Å². The fourth-order valence-electron chi connectivity index (χ4n) is 0.696. The van der Waals surface area contributed by atoms with Crippen LogP contribution in [0.25, 0.3) is 0 Å². The maximum atomic E-state index is 9.67. The van der Waals surface area contributed by atoms with Crippen LogP contribution in [0.1, 0.15) is 11.8 Å². The highest BCUT2D eigenvalue weighted by Gasteiger charge is 2.22. The molecule has 1 aromatic rings. The Labute approximate surface area is 78.2 Å². The summed E-state index contributed by atoms with van der Waals surface area (Å²) in [5, 5.41) is 11.6. The quantitative estimate of drug-likeness (QED) is 0.820. The zero-order valence-corrected chi connectivity index (χ0v) is 8.58. The smallest absolute Gasteiger partial charge is 0.108 e. The molecule has 1 unspecified atom stereocenters. The molecule has 0 aliphatic rings. The van der Waals surface area contributed by atoms with Gasteiger partial charge in [0.1, 0.15) is 5.60 Å². The number of thiophene rings is 1. The summed E-state index contributed by atoms with van der Waals surface area (Å²) in [6.45, 7) is 1.96. The van der Waals surface area contributed by atoms with E-state index in [1.807, 2.05) is 11.4 Å². The second kappa shape index (κ2) is 3.23. The third kappa shape index (κ3) is 2.02. The molecule has 0 spiro atoms. The summed E-state index contributed by atoms with van der Waals surface area (Å²) in [4.78, 5) is 0.895. The second-order valence-electron chi connectivity index (χ2n) is 2.61. The Hall–Kier alpha value is 0.1000. The van der Waals surface area contributed by atoms with Gasteiger partial charge in [-0.1, -0.05) is 0 Å². The lowest BCUT2D eigenvalue weighted by Gasteiger charge is -2.18. The molecule has 0 saturated heterocycles. The van der Waals surface area contributed by atoms with Gasteiger partial charge in [0.15, 0.2) is 0 Å². The van der Waals surface area contributed by atoms with E-state index in [0.29, 0.717) is 0 Å². The average molecular weight is 236 g/mol. The van der Waals surface area contributed by atoms with Gasteiger partial charge in [-0.2, -0.15) is 0 Å². The van der Waals surface area contributed by atoms with Gasteiger partial charge in [-0.15, -0.1) is 11.3 Å². The van der Waals surface area contributed by atoms with Crippen molar-refractivity contribution in [1.82, 2.24) is 0 Å². The Kier molecular flexibility index (Phi) is 2.70. The highest BCUT2D eigenvalue weighted by molar-refractivity contribution is 9.10. The minimum atomic E-state index is -0.878. The van der Waals surface area contributed by atoms with Gasteiger partial charge in [0.2, 0.25) is 0 Å². The van der Waals surface area contributed by atoms with Crippen LogP contribution in [0.3, 0.4) is 0 Å². The summed E-state index contributed by atoms with van der Waals surface area (Å²) >= 11 is 4.82. The van der Waals surface area contributed by atoms with Crippen LogP contribution in [-0.4, -0.2) is 11.7 Å². The molecule has 0 fully saturated rings. The van der Waals surface area contributed by atoms with Gasteiger partial charge in [0, 0.05) is 21.3 Å². The number of rotatable bonds is 2. The first-order chi connectivity index (χ1) is 5.06. The molecule has 11 heavy (non-hydrogen) atoms. The van der Waals surface area contributed by atoms with E-state index in [4.69, 9.17) is 5.73 Å². The largest absolute Gasteiger partial charge is 0.383 e. The van der Waals surface area contributed by atoms with Gasteiger partial charge in [-0.3, -0.25) is 0 Å². The fourth-order valence-corrected chi connectivity index (χ4v) is 2.20. The van der Waals surface area contributed by atoms with Crippen molar-refractivity contribution in [3.8, 4) is 0 Å². The monoisotopic (exact) mass is 235 g/mol. The van der Waals surface area contributed by atoms with Gasteiger partial charge in [0.25, 0.3) is 0 Å². The summed E-state index contributed by atoms with van der Waals surface area (Å²) in [5.41, 5.74) is 4.51. The summed E-state index contributed by atoms with van der Waals surface area (Å²) in [7, 11) is 0. The third-order valence-electron chi connectivity index (χ3n) is 1.50. The van der Waals surface area contributed by atoms with Crippen LogP contribution in [0, 0.1) is 0 Å². The molecule has 0 aliphatic heterocycles. The molecule has 1 rings (SSSR count). The van der Waals surface area contributed by atoms with Crippen LogP contribution in [0.5, 0.6) is 0 Å². The molecule has 1 aromatic heterocycles. The minimum absolute atomic E-state index is 0.250. The first-order valence-corrected chi connectivity index (χ1v) is 4.90. The molecule has 2 nitrogen and oxygen atoms in total. The average Bonchev–Trinajstić information content (AvgIpc) is 2.36. The molecule has 0 amide bonds. The molecule has 0 saturated carbocycles. The van der Waals surface area contributed by atoms with E-state index < -0.39 is 5.60 Å². The van der Waals surface area contributed by atoms with Crippen LogP contribution < -0.4 is 5.73 Å². The summed E-state index contributed by atoms with van der Waals surface area (Å²) in [5.74, 6) is 0. The Morgan fingerprint density at radius 1 is 1.82 bits per heavy atom. The zero-order valence-electron chi connectivity index (χ0n) is 6.17. The lowest BCUT2D eigenvalue weighted by Crippen LogP contribution is -2.30. The SMILES string of the molecule is CC(O)(CN)c1cc(Br)cs1. The van der Waals surface area contributed by atoms with E-state index in [-0.39, 0.29) is 6.54 Å². The molecule has 3 N–H and O–H groups in total. The van der Waals surface area contributed by atoms with Gasteiger partial charge >= 0.3 is 0 Å². The lowest BCUT2D eigenvalue weighted by atomic mass is 10.1. The van der Waals surface area contributed by atoms with E-state index in [2.05, 4.69) is 15.9 Å². The standard InChI is InChI=1S/C7H10BrNOS/c1-7(10,4-9)6-2-5(8)3-11-6/h2-3,10H,4,9H2,1H3. The summed E-state index contributed by atoms with van der Waals surface area (Å²) in [6.07, 6.45) is 0. The highest BCUT2D eigenvalue weighted by Crippen LogP contribution is 2.28. The van der Waals surface area contributed by atoms with Gasteiger partial charge < -0.3 is 10.8 Å². The summed E-state index contributed by atoms with van der Waals surface area (Å²) in [6, 6.07) is 1.89.